The van der Waals surface area contributed by atoms with E-state index in [0.717, 1.165) is 12.0 Å². The molecule has 0 aliphatic rings. The van der Waals surface area contributed by atoms with E-state index in [2.05, 4.69) is 15.3 Å². The normalized spacial score (nSPS) is 13.5. The molecule has 0 spiro atoms. The third-order valence-electron chi connectivity index (χ3n) is 3.51. The second kappa shape index (κ2) is 6.95. The zero-order chi connectivity index (χ0) is 15.2. The fourth-order valence-corrected chi connectivity index (χ4v) is 1.87. The van der Waals surface area contributed by atoms with Crippen LogP contribution >= 0.6 is 0 Å². The molecule has 2 unspecified atom stereocenters. The number of nitrogens with zero attached hydrogens (tertiary/aromatic N) is 2. The highest BCUT2D eigenvalue weighted by molar-refractivity contribution is 5.94. The van der Waals surface area contributed by atoms with Crippen molar-refractivity contribution in [2.24, 2.45) is 11.7 Å². The molecule has 2 rings (SSSR count). The number of benzene rings is 1. The number of nitrogens with one attached hydrogen (secondary N) is 1. The van der Waals surface area contributed by atoms with Gasteiger partial charge in [0.05, 0.1) is 24.1 Å². The lowest BCUT2D eigenvalue weighted by Crippen LogP contribution is -2.40. The third-order valence-corrected chi connectivity index (χ3v) is 3.51. The molecule has 0 fully saturated rings. The van der Waals surface area contributed by atoms with Gasteiger partial charge in [0.25, 0.3) is 0 Å². The molecule has 1 heterocycles. The monoisotopic (exact) mass is 284 g/mol. The molecule has 0 bridgehead atoms. The summed E-state index contributed by atoms with van der Waals surface area (Å²) in [6.07, 6.45) is 4.05. The van der Waals surface area contributed by atoms with E-state index >= 15 is 0 Å². The van der Waals surface area contributed by atoms with Gasteiger partial charge in [-0.25, -0.2) is 9.97 Å². The van der Waals surface area contributed by atoms with Crippen molar-refractivity contribution in [3.63, 3.8) is 0 Å². The van der Waals surface area contributed by atoms with E-state index in [0.29, 0.717) is 11.5 Å². The minimum absolute atomic E-state index is 0.134. The quantitative estimate of drug-likeness (QED) is 0.883. The largest absolute Gasteiger partial charge is 0.322 e. The standard InChI is InChI=1S/C16H20N4O/c1-3-11(2)14(17)16(21)20-13-9-18-15(19-10-13)12-7-5-4-6-8-12/h4-11,14H,3,17H2,1-2H3,(H,20,21). The maximum Gasteiger partial charge on any atom is 0.241 e. The van der Waals surface area contributed by atoms with Crippen molar-refractivity contribution >= 4 is 11.6 Å². The fraction of sp³-hybridized carbons (Fsp3) is 0.312. The van der Waals surface area contributed by atoms with Crippen molar-refractivity contribution in [1.29, 1.82) is 0 Å². The predicted octanol–water partition coefficient (Wildman–Crippen LogP) is 2.46. The number of nitrogens with two attached hydrogens (primary N) is 1. The van der Waals surface area contributed by atoms with Crippen LogP contribution in [0, 0.1) is 5.92 Å². The van der Waals surface area contributed by atoms with Crippen molar-refractivity contribution in [3.8, 4) is 11.4 Å². The molecule has 5 nitrogen and oxygen atoms in total. The molecule has 2 atom stereocenters. The third kappa shape index (κ3) is 3.86. The Labute approximate surface area is 124 Å². The van der Waals surface area contributed by atoms with Crippen molar-refractivity contribution < 1.29 is 4.79 Å². The van der Waals surface area contributed by atoms with E-state index in [1.165, 1.54) is 0 Å². The number of anilines is 1. The van der Waals surface area contributed by atoms with E-state index < -0.39 is 6.04 Å². The molecule has 0 saturated heterocycles. The van der Waals surface area contributed by atoms with Crippen LogP contribution in [0.1, 0.15) is 20.3 Å². The Morgan fingerprint density at radius 2 is 1.86 bits per heavy atom. The summed E-state index contributed by atoms with van der Waals surface area (Å²) in [7, 11) is 0. The fourth-order valence-electron chi connectivity index (χ4n) is 1.87. The molecule has 1 aromatic heterocycles. The number of amides is 1. The lowest BCUT2D eigenvalue weighted by atomic mass is 9.99. The minimum atomic E-state index is -0.524. The minimum Gasteiger partial charge on any atom is -0.322 e. The van der Waals surface area contributed by atoms with Crippen molar-refractivity contribution in [1.82, 2.24) is 9.97 Å². The maximum absolute atomic E-state index is 12.0. The molecular formula is C16H20N4O. The van der Waals surface area contributed by atoms with Crippen LogP contribution in [-0.4, -0.2) is 21.9 Å². The second-order valence-electron chi connectivity index (χ2n) is 5.06. The first-order chi connectivity index (χ1) is 10.1. The summed E-state index contributed by atoms with van der Waals surface area (Å²) in [5.74, 6) is 0.551. The molecule has 3 N–H and O–H groups in total. The highest BCUT2D eigenvalue weighted by Crippen LogP contribution is 2.15. The topological polar surface area (TPSA) is 80.9 Å². The summed E-state index contributed by atoms with van der Waals surface area (Å²) in [6, 6.07) is 9.15. The van der Waals surface area contributed by atoms with E-state index in [9.17, 15) is 4.79 Å². The molecule has 0 radical (unpaired) electrons. The van der Waals surface area contributed by atoms with Gasteiger partial charge in [0.1, 0.15) is 0 Å². The Hall–Kier alpha value is -2.27. The van der Waals surface area contributed by atoms with Crippen LogP contribution in [0.15, 0.2) is 42.7 Å². The van der Waals surface area contributed by atoms with Crippen LogP contribution < -0.4 is 11.1 Å². The van der Waals surface area contributed by atoms with Crippen molar-refractivity contribution in [3.05, 3.63) is 42.7 Å². The van der Waals surface area contributed by atoms with Gasteiger partial charge in [-0.3, -0.25) is 4.79 Å². The van der Waals surface area contributed by atoms with Gasteiger partial charge >= 0.3 is 0 Å². The maximum atomic E-state index is 12.0. The van der Waals surface area contributed by atoms with Gasteiger partial charge in [-0.15, -0.1) is 0 Å². The molecule has 0 aliphatic carbocycles. The van der Waals surface area contributed by atoms with Crippen molar-refractivity contribution in [2.45, 2.75) is 26.3 Å². The number of hydrogen-bond acceptors (Lipinski definition) is 4. The average Bonchev–Trinajstić information content (AvgIpc) is 2.54. The van der Waals surface area contributed by atoms with Crippen LogP contribution in [0.4, 0.5) is 5.69 Å². The molecule has 1 aromatic carbocycles. The summed E-state index contributed by atoms with van der Waals surface area (Å²) in [4.78, 5) is 20.5. The molecule has 110 valence electrons. The Morgan fingerprint density at radius 1 is 1.24 bits per heavy atom. The van der Waals surface area contributed by atoms with Crippen LogP contribution in [0.2, 0.25) is 0 Å². The van der Waals surface area contributed by atoms with Crippen LogP contribution in [0.3, 0.4) is 0 Å². The predicted molar refractivity (Wildman–Crippen MR) is 83.5 cm³/mol. The first kappa shape index (κ1) is 15.1. The van der Waals surface area contributed by atoms with Crippen LogP contribution in [0.5, 0.6) is 0 Å². The summed E-state index contributed by atoms with van der Waals surface area (Å²) in [6.45, 7) is 3.97. The van der Waals surface area contributed by atoms with E-state index in [-0.39, 0.29) is 11.8 Å². The van der Waals surface area contributed by atoms with Gasteiger partial charge in [-0.2, -0.15) is 0 Å². The Bertz CT molecular complexity index is 583. The molecule has 0 saturated carbocycles. The van der Waals surface area contributed by atoms with E-state index in [1.54, 1.807) is 12.4 Å². The average molecular weight is 284 g/mol. The number of carbonyl (C=O) groups excluding carboxylic acids is 1. The number of aromatic nitrogens is 2. The highest BCUT2D eigenvalue weighted by atomic mass is 16.2. The Kier molecular flexibility index (Phi) is 5.00. The van der Waals surface area contributed by atoms with Gasteiger partial charge < -0.3 is 11.1 Å². The molecule has 0 aliphatic heterocycles. The smallest absolute Gasteiger partial charge is 0.241 e. The van der Waals surface area contributed by atoms with Crippen molar-refractivity contribution in [2.75, 3.05) is 5.32 Å². The summed E-state index contributed by atoms with van der Waals surface area (Å²) in [5, 5.41) is 2.75. The number of rotatable bonds is 5. The summed E-state index contributed by atoms with van der Waals surface area (Å²) >= 11 is 0. The second-order valence-corrected chi connectivity index (χ2v) is 5.06. The number of carbonyl (C=O) groups is 1. The molecule has 1 amide bonds. The lowest BCUT2D eigenvalue weighted by Gasteiger charge is -2.17. The number of hydrogen-bond donors (Lipinski definition) is 2. The van der Waals surface area contributed by atoms with Gasteiger partial charge in [0.15, 0.2) is 5.82 Å². The SMILES string of the molecule is CCC(C)C(N)C(=O)Nc1cnc(-c2ccccc2)nc1. The first-order valence-corrected chi connectivity index (χ1v) is 7.05. The highest BCUT2D eigenvalue weighted by Gasteiger charge is 2.19. The van der Waals surface area contributed by atoms with E-state index in [4.69, 9.17) is 5.73 Å². The zero-order valence-corrected chi connectivity index (χ0v) is 12.3. The van der Waals surface area contributed by atoms with Crippen LogP contribution in [-0.2, 0) is 4.79 Å². The zero-order valence-electron chi connectivity index (χ0n) is 12.3. The molecule has 21 heavy (non-hydrogen) atoms. The van der Waals surface area contributed by atoms with Gasteiger partial charge in [-0.1, -0.05) is 50.6 Å². The molecule has 2 aromatic rings. The summed E-state index contributed by atoms with van der Waals surface area (Å²) in [5.41, 5.74) is 7.38. The first-order valence-electron chi connectivity index (χ1n) is 7.05. The van der Waals surface area contributed by atoms with Crippen LogP contribution in [0.25, 0.3) is 11.4 Å². The summed E-state index contributed by atoms with van der Waals surface area (Å²) < 4.78 is 0. The molecular weight excluding hydrogens is 264 g/mol. The van der Waals surface area contributed by atoms with Gasteiger partial charge in [0, 0.05) is 5.56 Å². The Morgan fingerprint density at radius 3 is 2.43 bits per heavy atom. The van der Waals surface area contributed by atoms with Gasteiger partial charge in [-0.05, 0) is 5.92 Å². The Balaban J connectivity index is 2.05. The lowest BCUT2D eigenvalue weighted by molar-refractivity contribution is -0.118. The molecule has 5 heteroatoms. The van der Waals surface area contributed by atoms with E-state index in [1.807, 2.05) is 44.2 Å². The van der Waals surface area contributed by atoms with Gasteiger partial charge in [0.2, 0.25) is 5.91 Å².